The predicted molar refractivity (Wildman–Crippen MR) is 77.4 cm³/mol. The Balaban J connectivity index is 1.43. The first-order valence-electron chi connectivity index (χ1n) is 7.66. The van der Waals surface area contributed by atoms with Crippen LogP contribution >= 0.6 is 0 Å². The lowest BCUT2D eigenvalue weighted by atomic mass is 9.75. The van der Waals surface area contributed by atoms with Crippen molar-refractivity contribution in [3.63, 3.8) is 0 Å². The maximum Gasteiger partial charge on any atom is 0.133 e. The summed E-state index contributed by atoms with van der Waals surface area (Å²) in [4.78, 5) is 12.1. The number of ketones is 1. The third-order valence-electron chi connectivity index (χ3n) is 4.62. The first kappa shape index (κ1) is 12.9. The topological polar surface area (TPSA) is 29.1 Å². The number of hydrogen-bond acceptors (Lipinski definition) is 2. The lowest BCUT2D eigenvalue weighted by molar-refractivity contribution is -0.119. The summed E-state index contributed by atoms with van der Waals surface area (Å²) in [6, 6.07) is 9.13. The van der Waals surface area contributed by atoms with Gasteiger partial charge in [0.15, 0.2) is 0 Å². The highest BCUT2D eigenvalue weighted by Crippen LogP contribution is 2.37. The molecule has 2 nitrogen and oxygen atoms in total. The highest BCUT2D eigenvalue weighted by Gasteiger charge is 2.27. The molecule has 102 valence electrons. The van der Waals surface area contributed by atoms with Crippen LogP contribution in [0.15, 0.2) is 24.3 Å². The van der Waals surface area contributed by atoms with Crippen molar-refractivity contribution >= 4 is 5.78 Å². The highest BCUT2D eigenvalue weighted by molar-refractivity contribution is 5.79. The number of Topliss-reactive ketones (excluding diaryl/α,β-unsaturated/α-hetero) is 1. The average molecular weight is 257 g/mol. The van der Waals surface area contributed by atoms with Crippen LogP contribution in [0.1, 0.15) is 55.6 Å². The molecular weight excluding hydrogens is 234 g/mol. The van der Waals surface area contributed by atoms with Gasteiger partial charge in [0.05, 0.1) is 0 Å². The Hall–Kier alpha value is -1.15. The standard InChI is InChI=1S/C17H23NO/c19-16(9-8-15-6-3-4-10-18-15)12-14-11-13-5-1-2-7-17(13)14/h1-2,5,7,14-15,18H,3-4,6,8-12H2. The van der Waals surface area contributed by atoms with Gasteiger partial charge in [-0.1, -0.05) is 30.7 Å². The normalized spacial score (nSPS) is 25.5. The number of hydrogen-bond donors (Lipinski definition) is 1. The summed E-state index contributed by atoms with van der Waals surface area (Å²) in [5.74, 6) is 0.954. The van der Waals surface area contributed by atoms with Crippen molar-refractivity contribution in [3.05, 3.63) is 35.4 Å². The summed E-state index contributed by atoms with van der Waals surface area (Å²) >= 11 is 0. The largest absolute Gasteiger partial charge is 0.314 e. The van der Waals surface area contributed by atoms with Crippen molar-refractivity contribution in [2.24, 2.45) is 0 Å². The van der Waals surface area contributed by atoms with Gasteiger partial charge in [-0.05, 0) is 49.3 Å². The summed E-state index contributed by atoms with van der Waals surface area (Å²) < 4.78 is 0. The molecule has 0 saturated carbocycles. The summed E-state index contributed by atoms with van der Waals surface area (Å²) in [5.41, 5.74) is 2.85. The average Bonchev–Trinajstić information content (AvgIpc) is 2.44. The van der Waals surface area contributed by atoms with Gasteiger partial charge >= 0.3 is 0 Å². The van der Waals surface area contributed by atoms with Gasteiger partial charge < -0.3 is 5.32 Å². The molecule has 1 saturated heterocycles. The predicted octanol–water partition coefficient (Wildman–Crippen LogP) is 3.21. The number of carbonyl (C=O) groups is 1. The molecule has 2 unspecified atom stereocenters. The van der Waals surface area contributed by atoms with Crippen molar-refractivity contribution in [3.8, 4) is 0 Å². The summed E-state index contributed by atoms with van der Waals surface area (Å²) in [6.45, 7) is 1.13. The van der Waals surface area contributed by atoms with Crippen LogP contribution in [0.5, 0.6) is 0 Å². The monoisotopic (exact) mass is 257 g/mol. The van der Waals surface area contributed by atoms with E-state index in [-0.39, 0.29) is 0 Å². The number of benzene rings is 1. The van der Waals surface area contributed by atoms with Crippen LogP contribution in [0, 0.1) is 0 Å². The Morgan fingerprint density at radius 1 is 1.26 bits per heavy atom. The summed E-state index contributed by atoms with van der Waals surface area (Å²) in [6.07, 6.45) is 7.52. The zero-order valence-electron chi connectivity index (χ0n) is 11.5. The van der Waals surface area contributed by atoms with Gasteiger partial charge in [-0.15, -0.1) is 0 Å². The second-order valence-electron chi connectivity index (χ2n) is 6.03. The first-order valence-corrected chi connectivity index (χ1v) is 7.66. The van der Waals surface area contributed by atoms with E-state index in [0.29, 0.717) is 17.7 Å². The van der Waals surface area contributed by atoms with Crippen LogP contribution < -0.4 is 5.32 Å². The van der Waals surface area contributed by atoms with Gasteiger partial charge in [0.1, 0.15) is 5.78 Å². The van der Waals surface area contributed by atoms with Gasteiger partial charge in [-0.2, -0.15) is 0 Å². The van der Waals surface area contributed by atoms with Gasteiger partial charge in [0.25, 0.3) is 0 Å². The molecule has 1 N–H and O–H groups in total. The van der Waals surface area contributed by atoms with E-state index in [2.05, 4.69) is 29.6 Å². The molecule has 3 rings (SSSR count). The Labute approximate surface area is 115 Å². The molecule has 1 heterocycles. The minimum Gasteiger partial charge on any atom is -0.314 e. The molecule has 0 bridgehead atoms. The maximum absolute atomic E-state index is 12.1. The van der Waals surface area contributed by atoms with Crippen molar-refractivity contribution in [2.45, 2.75) is 56.9 Å². The molecule has 1 aliphatic heterocycles. The van der Waals surface area contributed by atoms with E-state index in [1.165, 1.54) is 30.4 Å². The van der Waals surface area contributed by atoms with Crippen molar-refractivity contribution in [2.75, 3.05) is 6.54 Å². The molecule has 2 aliphatic rings. The number of rotatable bonds is 5. The fraction of sp³-hybridized carbons (Fsp3) is 0.588. The molecule has 2 atom stereocenters. The fourth-order valence-corrected chi connectivity index (χ4v) is 3.43. The zero-order valence-corrected chi connectivity index (χ0v) is 11.5. The molecule has 19 heavy (non-hydrogen) atoms. The van der Waals surface area contributed by atoms with Crippen LogP contribution in [-0.2, 0) is 11.2 Å². The third-order valence-corrected chi connectivity index (χ3v) is 4.62. The molecule has 1 fully saturated rings. The molecule has 1 aliphatic carbocycles. The molecule has 2 heteroatoms. The second kappa shape index (κ2) is 5.87. The minimum absolute atomic E-state index is 0.451. The van der Waals surface area contributed by atoms with Gasteiger partial charge in [-0.25, -0.2) is 0 Å². The van der Waals surface area contributed by atoms with Crippen LogP contribution in [-0.4, -0.2) is 18.4 Å². The van der Waals surface area contributed by atoms with Gasteiger partial charge in [-0.3, -0.25) is 4.79 Å². The molecule has 0 aromatic heterocycles. The number of nitrogens with one attached hydrogen (secondary N) is 1. The molecule has 1 aromatic rings. The van der Waals surface area contributed by atoms with Gasteiger partial charge in [0, 0.05) is 18.9 Å². The lowest BCUT2D eigenvalue weighted by Crippen LogP contribution is -2.34. The molecule has 0 radical (unpaired) electrons. The number of fused-ring (bicyclic) bond motifs is 1. The molecule has 0 amide bonds. The van der Waals surface area contributed by atoms with Crippen molar-refractivity contribution in [1.82, 2.24) is 5.32 Å². The van der Waals surface area contributed by atoms with Gasteiger partial charge in [0.2, 0.25) is 0 Å². The van der Waals surface area contributed by atoms with E-state index < -0.39 is 0 Å². The third kappa shape index (κ3) is 3.06. The molecular formula is C17H23NO. The van der Waals surface area contributed by atoms with Crippen LogP contribution in [0.3, 0.4) is 0 Å². The van der Waals surface area contributed by atoms with E-state index in [0.717, 1.165) is 32.2 Å². The highest BCUT2D eigenvalue weighted by atomic mass is 16.1. The number of carbonyl (C=O) groups excluding carboxylic acids is 1. The van der Waals surface area contributed by atoms with E-state index >= 15 is 0 Å². The number of piperidine rings is 1. The quantitative estimate of drug-likeness (QED) is 0.877. The second-order valence-corrected chi connectivity index (χ2v) is 6.03. The van der Waals surface area contributed by atoms with Crippen LogP contribution in [0.2, 0.25) is 0 Å². The Morgan fingerprint density at radius 2 is 2.16 bits per heavy atom. The zero-order chi connectivity index (χ0) is 13.1. The van der Waals surface area contributed by atoms with Crippen LogP contribution in [0.4, 0.5) is 0 Å². The maximum atomic E-state index is 12.1. The molecule has 1 aromatic carbocycles. The summed E-state index contributed by atoms with van der Waals surface area (Å²) in [7, 11) is 0. The lowest BCUT2D eigenvalue weighted by Gasteiger charge is -2.30. The fourth-order valence-electron chi connectivity index (χ4n) is 3.43. The first-order chi connectivity index (χ1) is 9.33. The minimum atomic E-state index is 0.451. The smallest absolute Gasteiger partial charge is 0.133 e. The Kier molecular flexibility index (Phi) is 3.97. The Morgan fingerprint density at radius 3 is 2.95 bits per heavy atom. The van der Waals surface area contributed by atoms with E-state index in [4.69, 9.17) is 0 Å². The summed E-state index contributed by atoms with van der Waals surface area (Å²) in [5, 5.41) is 3.52. The van der Waals surface area contributed by atoms with Crippen molar-refractivity contribution in [1.29, 1.82) is 0 Å². The molecule has 0 spiro atoms. The SMILES string of the molecule is O=C(CCC1CCCCN1)CC1Cc2ccccc21. The Bertz CT molecular complexity index is 448. The van der Waals surface area contributed by atoms with Crippen molar-refractivity contribution < 1.29 is 4.79 Å². The van der Waals surface area contributed by atoms with E-state index in [1.807, 2.05) is 0 Å². The van der Waals surface area contributed by atoms with E-state index in [9.17, 15) is 4.79 Å². The van der Waals surface area contributed by atoms with E-state index in [1.54, 1.807) is 0 Å². The van der Waals surface area contributed by atoms with Crippen LogP contribution in [0.25, 0.3) is 0 Å².